The van der Waals surface area contributed by atoms with Crippen molar-refractivity contribution in [3.05, 3.63) is 118 Å². The lowest BCUT2D eigenvalue weighted by Crippen LogP contribution is -2.60. The standard InChI is InChI=1S/2C24H27FN4O/c1-15(2)22-21(16(3)30-28-22)20-10-19(25)6-5-17(20)9-18-11-26-14-27-23(18)29-12-24(13-29)7-4-8-24;1-15(2)22-21(16(3)28-30-22)20-10-19(25)6-5-17(20)9-18-11-26-14-27-23(18)29-12-24(13-29)7-4-8-24/h2*5-6,10-11,14-15H,4,7-9,12-13H2,1-3H3. The number of nitrogens with zero attached hydrogens (tertiary/aromatic N) is 8. The summed E-state index contributed by atoms with van der Waals surface area (Å²) in [5.41, 5.74) is 10.4. The van der Waals surface area contributed by atoms with Gasteiger partial charge in [0.25, 0.3) is 0 Å². The van der Waals surface area contributed by atoms with Gasteiger partial charge in [0.05, 0.1) is 11.4 Å². The highest BCUT2D eigenvalue weighted by Gasteiger charge is 2.49. The maximum absolute atomic E-state index is 14.3. The van der Waals surface area contributed by atoms with Crippen molar-refractivity contribution in [3.63, 3.8) is 0 Å². The summed E-state index contributed by atoms with van der Waals surface area (Å²) in [6.45, 7) is 16.4. The van der Waals surface area contributed by atoms with Gasteiger partial charge in [0, 0.05) is 90.4 Å². The van der Waals surface area contributed by atoms with Gasteiger partial charge in [0.2, 0.25) is 0 Å². The van der Waals surface area contributed by atoms with Crippen LogP contribution in [0, 0.1) is 36.3 Å². The second-order valence-corrected chi connectivity index (χ2v) is 18.4. The van der Waals surface area contributed by atoms with Crippen molar-refractivity contribution < 1.29 is 17.8 Å². The quantitative estimate of drug-likeness (QED) is 0.133. The summed E-state index contributed by atoms with van der Waals surface area (Å²) in [6, 6.07) is 9.96. The molecule has 12 heteroatoms. The third-order valence-electron chi connectivity index (χ3n) is 13.4. The molecule has 2 aliphatic heterocycles. The Labute approximate surface area is 350 Å². The Kier molecular flexibility index (Phi) is 10.5. The molecule has 0 radical (unpaired) electrons. The van der Waals surface area contributed by atoms with Gasteiger partial charge in [-0.25, -0.2) is 28.7 Å². The van der Waals surface area contributed by atoms with Crippen LogP contribution in [0.25, 0.3) is 22.3 Å². The van der Waals surface area contributed by atoms with Crippen LogP contribution in [0.1, 0.15) is 123 Å². The monoisotopic (exact) mass is 812 g/mol. The molecule has 60 heavy (non-hydrogen) atoms. The Morgan fingerprint density at radius 3 is 1.58 bits per heavy atom. The molecule has 312 valence electrons. The van der Waals surface area contributed by atoms with Gasteiger partial charge in [-0.05, 0) is 92.0 Å². The molecule has 2 saturated carbocycles. The number of aromatic nitrogens is 6. The predicted molar refractivity (Wildman–Crippen MR) is 228 cm³/mol. The van der Waals surface area contributed by atoms with E-state index in [0.717, 1.165) is 99.5 Å². The van der Waals surface area contributed by atoms with E-state index in [-0.39, 0.29) is 23.5 Å². The first-order chi connectivity index (χ1) is 28.9. The first kappa shape index (κ1) is 39.9. The Hall–Kier alpha value is -5.52. The largest absolute Gasteiger partial charge is 0.361 e. The minimum absolute atomic E-state index is 0.160. The average molecular weight is 813 g/mol. The Morgan fingerprint density at radius 1 is 0.633 bits per heavy atom. The molecule has 0 unspecified atom stereocenters. The van der Waals surface area contributed by atoms with Crippen molar-refractivity contribution in [3.8, 4) is 22.3 Å². The van der Waals surface area contributed by atoms with E-state index in [4.69, 9.17) is 9.05 Å². The van der Waals surface area contributed by atoms with Crippen LogP contribution in [0.5, 0.6) is 0 Å². The predicted octanol–water partition coefficient (Wildman–Crippen LogP) is 10.6. The zero-order valence-electron chi connectivity index (χ0n) is 35.6. The van der Waals surface area contributed by atoms with Gasteiger partial charge in [-0.2, -0.15) is 0 Å². The molecular weight excluding hydrogens is 759 g/mol. The van der Waals surface area contributed by atoms with Gasteiger partial charge in [0.1, 0.15) is 47.4 Å². The van der Waals surface area contributed by atoms with Crippen molar-refractivity contribution in [2.45, 2.75) is 105 Å². The molecule has 6 heterocycles. The maximum Gasteiger partial charge on any atom is 0.147 e. The summed E-state index contributed by atoms with van der Waals surface area (Å²) >= 11 is 0. The van der Waals surface area contributed by atoms with Gasteiger partial charge < -0.3 is 18.8 Å². The second-order valence-electron chi connectivity index (χ2n) is 18.4. The molecule has 0 N–H and O–H groups in total. The van der Waals surface area contributed by atoms with E-state index in [1.807, 2.05) is 38.4 Å². The van der Waals surface area contributed by atoms with E-state index in [0.29, 0.717) is 29.4 Å². The number of hydrogen-bond acceptors (Lipinski definition) is 10. The zero-order chi connectivity index (χ0) is 41.8. The summed E-state index contributed by atoms with van der Waals surface area (Å²) < 4.78 is 39.6. The molecule has 4 aliphatic rings. The summed E-state index contributed by atoms with van der Waals surface area (Å²) in [6.07, 6.45) is 16.3. The molecule has 10 nitrogen and oxygen atoms in total. The van der Waals surface area contributed by atoms with E-state index in [2.05, 4.69) is 67.7 Å². The number of benzene rings is 2. The van der Waals surface area contributed by atoms with E-state index >= 15 is 0 Å². The fourth-order valence-corrected chi connectivity index (χ4v) is 9.84. The molecule has 6 aromatic rings. The van der Waals surface area contributed by atoms with Crippen LogP contribution in [-0.2, 0) is 12.8 Å². The molecule has 2 aromatic carbocycles. The molecule has 0 amide bonds. The number of anilines is 2. The average Bonchev–Trinajstić information content (AvgIpc) is 3.74. The fourth-order valence-electron chi connectivity index (χ4n) is 9.84. The van der Waals surface area contributed by atoms with Crippen LogP contribution in [0.3, 0.4) is 0 Å². The molecule has 10 rings (SSSR count). The number of hydrogen-bond donors (Lipinski definition) is 0. The van der Waals surface area contributed by atoms with Crippen molar-refractivity contribution in [1.29, 1.82) is 0 Å². The summed E-state index contributed by atoms with van der Waals surface area (Å²) in [4.78, 5) is 22.5. The Bertz CT molecular complexity index is 2330. The lowest BCUT2D eigenvalue weighted by Gasteiger charge is -2.56. The smallest absolute Gasteiger partial charge is 0.147 e. The third-order valence-corrected chi connectivity index (χ3v) is 13.4. The van der Waals surface area contributed by atoms with Gasteiger partial charge in [-0.1, -0.05) is 63.0 Å². The molecule has 2 spiro atoms. The van der Waals surface area contributed by atoms with Crippen molar-refractivity contribution in [1.82, 2.24) is 30.2 Å². The van der Waals surface area contributed by atoms with E-state index in [1.54, 1.807) is 24.8 Å². The van der Waals surface area contributed by atoms with Crippen molar-refractivity contribution in [2.75, 3.05) is 36.0 Å². The minimum Gasteiger partial charge on any atom is -0.361 e. The normalized spacial score (nSPS) is 17.3. The zero-order valence-corrected chi connectivity index (χ0v) is 35.6. The highest BCUT2D eigenvalue weighted by Crippen LogP contribution is 2.51. The lowest BCUT2D eigenvalue weighted by molar-refractivity contribution is 0.0894. The summed E-state index contributed by atoms with van der Waals surface area (Å²) in [5, 5.41) is 8.40. The van der Waals surface area contributed by atoms with E-state index in [1.165, 1.54) is 50.7 Å². The van der Waals surface area contributed by atoms with Crippen LogP contribution in [-0.4, -0.2) is 56.4 Å². The Morgan fingerprint density at radius 2 is 1.13 bits per heavy atom. The molecule has 2 aliphatic carbocycles. The van der Waals surface area contributed by atoms with Gasteiger partial charge in [-0.15, -0.1) is 0 Å². The van der Waals surface area contributed by atoms with Crippen LogP contribution in [0.4, 0.5) is 20.4 Å². The van der Waals surface area contributed by atoms with E-state index < -0.39 is 0 Å². The highest BCUT2D eigenvalue weighted by molar-refractivity contribution is 5.74. The van der Waals surface area contributed by atoms with Crippen molar-refractivity contribution in [2.24, 2.45) is 10.8 Å². The topological polar surface area (TPSA) is 110 Å². The van der Waals surface area contributed by atoms with Crippen LogP contribution >= 0.6 is 0 Å². The lowest BCUT2D eigenvalue weighted by atomic mass is 9.63. The molecule has 0 atom stereocenters. The number of rotatable bonds is 10. The number of aryl methyl sites for hydroxylation is 2. The van der Waals surface area contributed by atoms with Crippen molar-refractivity contribution >= 4 is 11.6 Å². The van der Waals surface area contributed by atoms with E-state index in [9.17, 15) is 8.78 Å². The summed E-state index contributed by atoms with van der Waals surface area (Å²) in [5.74, 6) is 3.33. The number of halogens is 2. The molecular formula is C48H54F2N8O2. The van der Waals surface area contributed by atoms with Gasteiger partial charge >= 0.3 is 0 Å². The van der Waals surface area contributed by atoms with Crippen LogP contribution < -0.4 is 9.80 Å². The SMILES string of the molecule is Cc1noc(C(C)C)c1-c1cc(F)ccc1Cc1cncnc1N1CC2(CCC2)C1.Cc1onc(C(C)C)c1-c1cc(F)ccc1Cc1cncnc1N1CC2(CCC2)C1. The van der Waals surface area contributed by atoms with Gasteiger partial charge in [-0.3, -0.25) is 0 Å². The molecule has 4 fully saturated rings. The highest BCUT2D eigenvalue weighted by atomic mass is 19.1. The fraction of sp³-hybridized carbons (Fsp3) is 0.458. The molecule has 0 bridgehead atoms. The third kappa shape index (κ3) is 7.47. The van der Waals surface area contributed by atoms with Gasteiger partial charge in [0.15, 0.2) is 0 Å². The first-order valence-corrected chi connectivity index (χ1v) is 21.5. The summed E-state index contributed by atoms with van der Waals surface area (Å²) in [7, 11) is 0. The second kappa shape index (κ2) is 15.8. The first-order valence-electron chi connectivity index (χ1n) is 21.5. The Balaban J connectivity index is 0.000000154. The molecule has 4 aromatic heterocycles. The van der Waals surface area contributed by atoms with Crippen LogP contribution in [0.15, 0.2) is 70.5 Å². The maximum atomic E-state index is 14.3. The minimum atomic E-state index is -0.261. The van der Waals surface area contributed by atoms with Crippen LogP contribution in [0.2, 0.25) is 0 Å². The molecule has 2 saturated heterocycles.